The number of nitrogens with zero attached hydrogens (tertiary/aromatic N) is 1. The van der Waals surface area contributed by atoms with Gasteiger partial charge in [-0.05, 0) is 37.7 Å². The van der Waals surface area contributed by atoms with Gasteiger partial charge in [0.25, 0.3) is 11.6 Å². The van der Waals surface area contributed by atoms with Crippen molar-refractivity contribution in [3.05, 3.63) is 33.9 Å². The van der Waals surface area contributed by atoms with Crippen LogP contribution in [0.5, 0.6) is 0 Å². The standard InChI is InChI=1S/C14H19N3O3S/c1-15-12-7-9(3-6-13(12)17(19)20)14(18)16-10-4-5-11(8-10)21-2/h3,6-7,10-11,15H,4-5,8H2,1-2H3,(H,16,18). The van der Waals surface area contributed by atoms with Crippen LogP contribution >= 0.6 is 11.8 Å². The van der Waals surface area contributed by atoms with E-state index in [4.69, 9.17) is 0 Å². The molecule has 0 spiro atoms. The van der Waals surface area contributed by atoms with Crippen molar-refractivity contribution in [3.8, 4) is 0 Å². The lowest BCUT2D eigenvalue weighted by atomic mass is 10.1. The molecule has 7 heteroatoms. The van der Waals surface area contributed by atoms with E-state index in [-0.39, 0.29) is 17.6 Å². The van der Waals surface area contributed by atoms with E-state index in [1.54, 1.807) is 7.05 Å². The first-order valence-electron chi connectivity index (χ1n) is 6.85. The van der Waals surface area contributed by atoms with Gasteiger partial charge in [-0.25, -0.2) is 0 Å². The predicted molar refractivity (Wildman–Crippen MR) is 85.1 cm³/mol. The van der Waals surface area contributed by atoms with Gasteiger partial charge in [-0.1, -0.05) is 0 Å². The van der Waals surface area contributed by atoms with Crippen LogP contribution in [0.3, 0.4) is 0 Å². The number of benzene rings is 1. The molecule has 21 heavy (non-hydrogen) atoms. The Balaban J connectivity index is 2.07. The fourth-order valence-electron chi connectivity index (χ4n) is 2.59. The number of hydrogen-bond acceptors (Lipinski definition) is 5. The van der Waals surface area contributed by atoms with E-state index < -0.39 is 4.92 Å². The Morgan fingerprint density at radius 2 is 2.19 bits per heavy atom. The number of nitro benzene ring substituents is 1. The highest BCUT2D eigenvalue weighted by molar-refractivity contribution is 7.99. The number of rotatable bonds is 5. The van der Waals surface area contributed by atoms with Crippen LogP contribution in [0.4, 0.5) is 11.4 Å². The average molecular weight is 309 g/mol. The van der Waals surface area contributed by atoms with Gasteiger partial charge in [0.2, 0.25) is 0 Å². The first kappa shape index (κ1) is 15.6. The minimum absolute atomic E-state index is 0.0302. The van der Waals surface area contributed by atoms with Crippen LogP contribution in [-0.2, 0) is 0 Å². The van der Waals surface area contributed by atoms with Crippen molar-refractivity contribution in [2.24, 2.45) is 0 Å². The minimum Gasteiger partial charge on any atom is -0.383 e. The molecule has 0 saturated heterocycles. The molecule has 2 rings (SSSR count). The summed E-state index contributed by atoms with van der Waals surface area (Å²) in [6, 6.07) is 4.58. The molecular weight excluding hydrogens is 290 g/mol. The Kier molecular flexibility index (Phi) is 5.06. The van der Waals surface area contributed by atoms with Crippen LogP contribution in [0.25, 0.3) is 0 Å². The third kappa shape index (κ3) is 3.66. The summed E-state index contributed by atoms with van der Waals surface area (Å²) in [5.74, 6) is -0.173. The molecule has 1 aromatic carbocycles. The first-order chi connectivity index (χ1) is 10.0. The molecule has 2 unspecified atom stereocenters. The number of carbonyl (C=O) groups is 1. The predicted octanol–water partition coefficient (Wildman–Crippen LogP) is 2.65. The second-order valence-electron chi connectivity index (χ2n) is 5.08. The molecule has 2 N–H and O–H groups in total. The zero-order valence-electron chi connectivity index (χ0n) is 12.1. The molecule has 0 aliphatic heterocycles. The molecule has 1 fully saturated rings. The summed E-state index contributed by atoms with van der Waals surface area (Å²) in [5, 5.41) is 17.3. The molecule has 0 radical (unpaired) electrons. The summed E-state index contributed by atoms with van der Waals surface area (Å²) >= 11 is 1.83. The monoisotopic (exact) mass is 309 g/mol. The van der Waals surface area contributed by atoms with E-state index in [0.717, 1.165) is 19.3 Å². The lowest BCUT2D eigenvalue weighted by Gasteiger charge is -2.13. The summed E-state index contributed by atoms with van der Waals surface area (Å²) < 4.78 is 0. The molecule has 0 bridgehead atoms. The molecule has 1 amide bonds. The van der Waals surface area contributed by atoms with Gasteiger partial charge in [0.05, 0.1) is 4.92 Å². The maximum absolute atomic E-state index is 12.2. The Morgan fingerprint density at radius 3 is 2.76 bits per heavy atom. The number of nitro groups is 1. The van der Waals surface area contributed by atoms with Crippen molar-refractivity contribution in [1.29, 1.82) is 0 Å². The zero-order chi connectivity index (χ0) is 15.4. The van der Waals surface area contributed by atoms with Crippen LogP contribution in [0.2, 0.25) is 0 Å². The number of hydrogen-bond donors (Lipinski definition) is 2. The van der Waals surface area contributed by atoms with E-state index in [2.05, 4.69) is 16.9 Å². The second kappa shape index (κ2) is 6.80. The number of amides is 1. The number of anilines is 1. The summed E-state index contributed by atoms with van der Waals surface area (Å²) in [6.07, 6.45) is 5.18. The molecule has 1 saturated carbocycles. The van der Waals surface area contributed by atoms with Gasteiger partial charge in [-0.3, -0.25) is 14.9 Å². The smallest absolute Gasteiger partial charge is 0.292 e. The van der Waals surface area contributed by atoms with Crippen LogP contribution in [0.1, 0.15) is 29.6 Å². The van der Waals surface area contributed by atoms with E-state index >= 15 is 0 Å². The molecule has 1 aliphatic carbocycles. The highest BCUT2D eigenvalue weighted by Crippen LogP contribution is 2.29. The van der Waals surface area contributed by atoms with Gasteiger partial charge in [-0.2, -0.15) is 11.8 Å². The van der Waals surface area contributed by atoms with Crippen LogP contribution in [0, 0.1) is 10.1 Å². The van der Waals surface area contributed by atoms with E-state index in [9.17, 15) is 14.9 Å². The highest BCUT2D eigenvalue weighted by Gasteiger charge is 2.26. The summed E-state index contributed by atoms with van der Waals surface area (Å²) in [6.45, 7) is 0. The third-order valence-corrected chi connectivity index (χ3v) is 4.87. The summed E-state index contributed by atoms with van der Waals surface area (Å²) in [4.78, 5) is 22.6. The molecule has 2 atom stereocenters. The van der Waals surface area contributed by atoms with Crippen molar-refractivity contribution in [2.75, 3.05) is 18.6 Å². The zero-order valence-corrected chi connectivity index (χ0v) is 12.9. The van der Waals surface area contributed by atoms with Gasteiger partial charge in [0.1, 0.15) is 5.69 Å². The molecule has 6 nitrogen and oxygen atoms in total. The fraction of sp³-hybridized carbons (Fsp3) is 0.500. The quantitative estimate of drug-likeness (QED) is 0.645. The maximum atomic E-state index is 12.2. The molecule has 0 aromatic heterocycles. The number of thioether (sulfide) groups is 1. The Hall–Kier alpha value is -1.76. The molecule has 114 valence electrons. The maximum Gasteiger partial charge on any atom is 0.292 e. The summed E-state index contributed by atoms with van der Waals surface area (Å²) in [7, 11) is 1.60. The van der Waals surface area contributed by atoms with Crippen LogP contribution in [0.15, 0.2) is 18.2 Å². The van der Waals surface area contributed by atoms with E-state index in [1.165, 1.54) is 18.2 Å². The molecular formula is C14H19N3O3S. The van der Waals surface area contributed by atoms with Gasteiger partial charge in [0.15, 0.2) is 0 Å². The summed E-state index contributed by atoms with van der Waals surface area (Å²) in [5.41, 5.74) is 0.760. The molecule has 0 heterocycles. The third-order valence-electron chi connectivity index (χ3n) is 3.78. The Bertz CT molecular complexity index is 550. The van der Waals surface area contributed by atoms with Gasteiger partial charge in [0, 0.05) is 30.0 Å². The lowest BCUT2D eigenvalue weighted by molar-refractivity contribution is -0.383. The highest BCUT2D eigenvalue weighted by atomic mass is 32.2. The topological polar surface area (TPSA) is 84.3 Å². The average Bonchev–Trinajstić information content (AvgIpc) is 2.93. The largest absolute Gasteiger partial charge is 0.383 e. The van der Waals surface area contributed by atoms with Gasteiger partial charge < -0.3 is 10.6 Å². The molecule has 1 aromatic rings. The second-order valence-corrected chi connectivity index (χ2v) is 6.22. The van der Waals surface area contributed by atoms with Crippen molar-refractivity contribution < 1.29 is 9.72 Å². The van der Waals surface area contributed by atoms with Gasteiger partial charge >= 0.3 is 0 Å². The Labute approximate surface area is 127 Å². The first-order valence-corrected chi connectivity index (χ1v) is 8.13. The van der Waals surface area contributed by atoms with Crippen molar-refractivity contribution in [3.63, 3.8) is 0 Å². The van der Waals surface area contributed by atoms with Crippen molar-refractivity contribution in [1.82, 2.24) is 5.32 Å². The van der Waals surface area contributed by atoms with Gasteiger partial charge in [-0.15, -0.1) is 0 Å². The fourth-order valence-corrected chi connectivity index (χ4v) is 3.39. The lowest BCUT2D eigenvalue weighted by Crippen LogP contribution is -2.33. The minimum atomic E-state index is -0.465. The normalized spacial score (nSPS) is 21.0. The number of nitrogens with one attached hydrogen (secondary N) is 2. The SMILES string of the molecule is CNc1cc(C(=O)NC2CCC(SC)C2)ccc1[N+](=O)[O-]. The van der Waals surface area contributed by atoms with E-state index in [1.807, 2.05) is 11.8 Å². The Morgan fingerprint density at radius 1 is 1.43 bits per heavy atom. The van der Waals surface area contributed by atoms with Crippen LogP contribution in [-0.4, -0.2) is 35.4 Å². The molecule has 1 aliphatic rings. The van der Waals surface area contributed by atoms with Crippen molar-refractivity contribution >= 4 is 29.0 Å². The van der Waals surface area contributed by atoms with Crippen molar-refractivity contribution in [2.45, 2.75) is 30.6 Å². The number of carbonyl (C=O) groups excluding carboxylic acids is 1. The van der Waals surface area contributed by atoms with E-state index in [0.29, 0.717) is 16.5 Å². The van der Waals surface area contributed by atoms with Crippen LogP contribution < -0.4 is 10.6 Å².